The van der Waals surface area contributed by atoms with E-state index in [1.807, 2.05) is 6.07 Å². The number of carbonyl (C=O) groups is 1. The van der Waals surface area contributed by atoms with E-state index < -0.39 is 10.0 Å². The van der Waals surface area contributed by atoms with E-state index in [-0.39, 0.29) is 23.1 Å². The van der Waals surface area contributed by atoms with Gasteiger partial charge in [-0.25, -0.2) is 0 Å². The Hall–Kier alpha value is -3.18. The standard InChI is InChI=1S/C18H16N4O3S/c1-22(12-4-11-19)18(23)13-7-9-14(10-8-13)20-17-15-5-2-3-6-16(15)26(24,25)21-17/h2-3,5-10H,4,12H2,1H3,(H,20,21). The average molecular weight is 368 g/mol. The lowest BCUT2D eigenvalue weighted by Gasteiger charge is -2.15. The van der Waals surface area contributed by atoms with Crippen LogP contribution in [-0.2, 0) is 10.0 Å². The minimum atomic E-state index is -3.68. The fourth-order valence-corrected chi connectivity index (χ4v) is 3.74. The predicted molar refractivity (Wildman–Crippen MR) is 97.4 cm³/mol. The van der Waals surface area contributed by atoms with Crippen molar-refractivity contribution < 1.29 is 13.2 Å². The van der Waals surface area contributed by atoms with Crippen LogP contribution in [0.4, 0.5) is 5.69 Å². The summed E-state index contributed by atoms with van der Waals surface area (Å²) in [6.07, 6.45) is 0.273. The number of carbonyl (C=O) groups excluding carboxylic acids is 1. The Bertz CT molecular complexity index is 1020. The van der Waals surface area contributed by atoms with Crippen molar-refractivity contribution in [3.8, 4) is 6.07 Å². The van der Waals surface area contributed by atoms with Crippen molar-refractivity contribution in [1.82, 2.24) is 4.90 Å². The molecule has 1 aliphatic heterocycles. The first kappa shape index (κ1) is 17.6. The van der Waals surface area contributed by atoms with Gasteiger partial charge < -0.3 is 10.2 Å². The molecule has 1 amide bonds. The number of hydrogen-bond donors (Lipinski definition) is 1. The zero-order valence-corrected chi connectivity index (χ0v) is 14.8. The summed E-state index contributed by atoms with van der Waals surface area (Å²) in [5.41, 5.74) is 1.62. The summed E-state index contributed by atoms with van der Waals surface area (Å²) < 4.78 is 27.9. The van der Waals surface area contributed by atoms with Gasteiger partial charge in [0, 0.05) is 30.4 Å². The smallest absolute Gasteiger partial charge is 0.285 e. The lowest BCUT2D eigenvalue weighted by atomic mass is 10.1. The van der Waals surface area contributed by atoms with Crippen molar-refractivity contribution in [2.45, 2.75) is 11.3 Å². The molecule has 0 spiro atoms. The maximum atomic E-state index is 12.2. The largest absolute Gasteiger partial charge is 0.341 e. The molecule has 0 saturated carbocycles. The first-order valence-corrected chi connectivity index (χ1v) is 9.30. The molecule has 1 aliphatic rings. The van der Waals surface area contributed by atoms with Crippen molar-refractivity contribution in [3.63, 3.8) is 0 Å². The van der Waals surface area contributed by atoms with Crippen LogP contribution in [0.15, 0.2) is 57.8 Å². The number of hydrogen-bond acceptors (Lipinski definition) is 5. The maximum Gasteiger partial charge on any atom is 0.285 e. The number of rotatable bonds is 4. The Morgan fingerprint density at radius 2 is 1.88 bits per heavy atom. The van der Waals surface area contributed by atoms with E-state index in [4.69, 9.17) is 5.26 Å². The predicted octanol–water partition coefficient (Wildman–Crippen LogP) is 2.23. The van der Waals surface area contributed by atoms with Crippen LogP contribution in [0.3, 0.4) is 0 Å². The molecule has 2 aromatic rings. The number of nitrogens with zero attached hydrogens (tertiary/aromatic N) is 3. The molecule has 8 heteroatoms. The van der Waals surface area contributed by atoms with E-state index in [0.29, 0.717) is 23.4 Å². The highest BCUT2D eigenvalue weighted by Gasteiger charge is 2.28. The first-order valence-electron chi connectivity index (χ1n) is 7.86. The summed E-state index contributed by atoms with van der Waals surface area (Å²) in [7, 11) is -2.04. The molecule has 1 N–H and O–H groups in total. The molecule has 0 aromatic heterocycles. The minimum Gasteiger partial charge on any atom is -0.341 e. The van der Waals surface area contributed by atoms with Gasteiger partial charge in [-0.15, -0.1) is 4.40 Å². The molecular formula is C18H16N4O3S. The maximum absolute atomic E-state index is 12.2. The summed E-state index contributed by atoms with van der Waals surface area (Å²) in [6.45, 7) is 0.362. The quantitative estimate of drug-likeness (QED) is 0.891. The second-order valence-corrected chi connectivity index (χ2v) is 7.32. The molecule has 0 atom stereocenters. The van der Waals surface area contributed by atoms with Crippen molar-refractivity contribution in [2.24, 2.45) is 4.40 Å². The molecule has 0 bridgehead atoms. The third-order valence-corrected chi connectivity index (χ3v) is 5.27. The van der Waals surface area contributed by atoms with Gasteiger partial charge in [0.05, 0.1) is 12.5 Å². The van der Waals surface area contributed by atoms with Crippen molar-refractivity contribution in [1.29, 1.82) is 5.26 Å². The Morgan fingerprint density at radius 3 is 2.58 bits per heavy atom. The minimum absolute atomic E-state index is 0.174. The molecule has 1 heterocycles. The van der Waals surface area contributed by atoms with Crippen LogP contribution < -0.4 is 5.32 Å². The first-order chi connectivity index (χ1) is 12.4. The molecule has 0 radical (unpaired) electrons. The van der Waals surface area contributed by atoms with Crippen LogP contribution in [0.2, 0.25) is 0 Å². The van der Waals surface area contributed by atoms with Gasteiger partial charge >= 0.3 is 0 Å². The Balaban J connectivity index is 1.77. The van der Waals surface area contributed by atoms with E-state index in [1.54, 1.807) is 49.5 Å². The zero-order valence-electron chi connectivity index (χ0n) is 14.0. The number of nitrogens with one attached hydrogen (secondary N) is 1. The van der Waals surface area contributed by atoms with Crippen LogP contribution in [0.5, 0.6) is 0 Å². The molecule has 0 unspecified atom stereocenters. The number of amides is 1. The Labute approximate surface area is 151 Å². The number of amidine groups is 1. The van der Waals surface area contributed by atoms with Crippen LogP contribution >= 0.6 is 0 Å². The summed E-state index contributed by atoms with van der Waals surface area (Å²) in [6, 6.07) is 15.3. The average Bonchev–Trinajstić information content (AvgIpc) is 2.90. The second-order valence-electron chi connectivity index (χ2n) is 5.75. The van der Waals surface area contributed by atoms with Gasteiger partial charge in [0.15, 0.2) is 5.84 Å². The van der Waals surface area contributed by atoms with Crippen molar-refractivity contribution >= 4 is 27.5 Å². The molecule has 0 aliphatic carbocycles. The number of sulfonamides is 1. The van der Waals surface area contributed by atoms with Crippen LogP contribution in [0.1, 0.15) is 22.3 Å². The van der Waals surface area contributed by atoms with Crippen LogP contribution in [0, 0.1) is 11.3 Å². The van der Waals surface area contributed by atoms with E-state index >= 15 is 0 Å². The number of fused-ring (bicyclic) bond motifs is 1. The summed E-state index contributed by atoms with van der Waals surface area (Å²) in [5, 5.41) is 11.6. The number of benzene rings is 2. The van der Waals surface area contributed by atoms with Gasteiger partial charge in [-0.1, -0.05) is 12.1 Å². The topological polar surface area (TPSA) is 103 Å². The normalized spacial score (nSPS) is 14.1. The van der Waals surface area contributed by atoms with Crippen molar-refractivity contribution in [3.05, 3.63) is 59.7 Å². The fraction of sp³-hybridized carbons (Fsp3) is 0.167. The van der Waals surface area contributed by atoms with Gasteiger partial charge in [0.2, 0.25) is 0 Å². The lowest BCUT2D eigenvalue weighted by molar-refractivity contribution is 0.0798. The molecule has 2 aromatic carbocycles. The fourth-order valence-electron chi connectivity index (χ4n) is 2.57. The van der Waals surface area contributed by atoms with Gasteiger partial charge in [0.1, 0.15) is 4.90 Å². The summed E-state index contributed by atoms with van der Waals surface area (Å²) in [5.74, 6) is 0.0729. The van der Waals surface area contributed by atoms with Gasteiger partial charge in [0.25, 0.3) is 15.9 Å². The van der Waals surface area contributed by atoms with E-state index in [9.17, 15) is 13.2 Å². The van der Waals surface area contributed by atoms with E-state index in [2.05, 4.69) is 9.71 Å². The molecular weight excluding hydrogens is 352 g/mol. The summed E-state index contributed by atoms with van der Waals surface area (Å²) >= 11 is 0. The Morgan fingerprint density at radius 1 is 1.19 bits per heavy atom. The van der Waals surface area contributed by atoms with Crippen molar-refractivity contribution in [2.75, 3.05) is 18.9 Å². The second kappa shape index (κ2) is 6.98. The molecule has 0 saturated heterocycles. The third-order valence-electron chi connectivity index (χ3n) is 3.93. The highest BCUT2D eigenvalue weighted by atomic mass is 32.2. The monoisotopic (exact) mass is 368 g/mol. The van der Waals surface area contributed by atoms with E-state index in [0.717, 1.165) is 0 Å². The molecule has 132 valence electrons. The van der Waals surface area contributed by atoms with Gasteiger partial charge in [-0.05, 0) is 36.4 Å². The number of nitriles is 1. The van der Waals surface area contributed by atoms with Gasteiger partial charge in [-0.2, -0.15) is 13.7 Å². The molecule has 7 nitrogen and oxygen atoms in total. The number of anilines is 1. The van der Waals surface area contributed by atoms with Gasteiger partial charge in [-0.3, -0.25) is 4.79 Å². The van der Waals surface area contributed by atoms with Crippen LogP contribution in [-0.4, -0.2) is 38.7 Å². The third kappa shape index (κ3) is 3.43. The molecule has 0 fully saturated rings. The highest BCUT2D eigenvalue weighted by molar-refractivity contribution is 7.90. The highest BCUT2D eigenvalue weighted by Crippen LogP contribution is 2.26. The SMILES string of the molecule is CN(CCC#N)C(=O)c1ccc(NC2=NS(=O)(=O)c3ccccc32)cc1. The summed E-state index contributed by atoms with van der Waals surface area (Å²) in [4.78, 5) is 13.9. The van der Waals surface area contributed by atoms with Crippen LogP contribution in [0.25, 0.3) is 0 Å². The Kier molecular flexibility index (Phi) is 4.73. The van der Waals surface area contributed by atoms with E-state index in [1.165, 1.54) is 11.0 Å². The zero-order chi connectivity index (χ0) is 18.7. The lowest BCUT2D eigenvalue weighted by Crippen LogP contribution is -2.27. The molecule has 3 rings (SSSR count). The molecule has 26 heavy (non-hydrogen) atoms.